The Balaban J connectivity index is 2.53. The van der Waals surface area contributed by atoms with Gasteiger partial charge in [0.05, 0.1) is 24.3 Å². The average molecular weight is 347 g/mol. The van der Waals surface area contributed by atoms with Crippen LogP contribution in [-0.4, -0.2) is 31.6 Å². The van der Waals surface area contributed by atoms with E-state index < -0.39 is 23.1 Å². The molecule has 0 saturated carbocycles. The zero-order valence-electron chi connectivity index (χ0n) is 10.7. The van der Waals surface area contributed by atoms with Crippen LogP contribution in [0.2, 0.25) is 0 Å². The van der Waals surface area contributed by atoms with Gasteiger partial charge in [0.15, 0.2) is 17.3 Å². The maximum absolute atomic E-state index is 14.2. The van der Waals surface area contributed by atoms with Gasteiger partial charge in [-0.1, -0.05) is 0 Å². The summed E-state index contributed by atoms with van der Waals surface area (Å²) >= 11 is 2.99. The number of benzene rings is 1. The lowest BCUT2D eigenvalue weighted by Crippen LogP contribution is -2.20. The first-order valence-electron chi connectivity index (χ1n) is 6.05. The standard InChI is InChI=1S/C13H12BrFO5/c1-2-18-13(17)11(16)9-10(15)7(14)6-8-12(9)20-5-3-4-19-8/h6H,2-5H2,1H3. The van der Waals surface area contributed by atoms with Crippen molar-refractivity contribution >= 4 is 27.7 Å². The largest absolute Gasteiger partial charge is 0.489 e. The molecule has 0 radical (unpaired) electrons. The molecule has 1 aromatic carbocycles. The number of Topliss-reactive ketones (excluding diaryl/α,β-unsaturated/α-hetero) is 1. The maximum Gasteiger partial charge on any atom is 0.379 e. The quantitative estimate of drug-likeness (QED) is 0.478. The van der Waals surface area contributed by atoms with Gasteiger partial charge >= 0.3 is 5.97 Å². The summed E-state index contributed by atoms with van der Waals surface area (Å²) in [5.41, 5.74) is -0.463. The Labute approximate surface area is 123 Å². The van der Waals surface area contributed by atoms with E-state index in [9.17, 15) is 14.0 Å². The second kappa shape index (κ2) is 6.21. The lowest BCUT2D eigenvalue weighted by atomic mass is 10.1. The van der Waals surface area contributed by atoms with Crippen LogP contribution in [0.1, 0.15) is 23.7 Å². The summed E-state index contributed by atoms with van der Waals surface area (Å²) < 4.78 is 29.5. The second-order valence-electron chi connectivity index (χ2n) is 3.97. The van der Waals surface area contributed by atoms with Gasteiger partial charge in [-0.05, 0) is 22.9 Å². The van der Waals surface area contributed by atoms with Crippen LogP contribution in [0.3, 0.4) is 0 Å². The number of carbonyl (C=O) groups excluding carboxylic acids is 2. The first-order chi connectivity index (χ1) is 9.56. The van der Waals surface area contributed by atoms with Crippen molar-refractivity contribution in [2.75, 3.05) is 19.8 Å². The van der Waals surface area contributed by atoms with Gasteiger partial charge in [0, 0.05) is 12.5 Å². The molecule has 0 spiro atoms. The molecule has 0 N–H and O–H groups in total. The molecule has 0 saturated heterocycles. The van der Waals surface area contributed by atoms with Crippen molar-refractivity contribution in [3.63, 3.8) is 0 Å². The molecule has 7 heteroatoms. The first kappa shape index (κ1) is 14.8. The Morgan fingerprint density at radius 2 is 2.10 bits per heavy atom. The molecule has 0 aromatic heterocycles. The topological polar surface area (TPSA) is 61.8 Å². The third kappa shape index (κ3) is 2.77. The molecule has 0 bridgehead atoms. The van der Waals surface area contributed by atoms with Gasteiger partial charge < -0.3 is 14.2 Å². The van der Waals surface area contributed by atoms with Crippen LogP contribution in [-0.2, 0) is 9.53 Å². The van der Waals surface area contributed by atoms with Crippen LogP contribution in [0.25, 0.3) is 0 Å². The molecular formula is C13H12BrFO5. The second-order valence-corrected chi connectivity index (χ2v) is 4.83. The number of hydrogen-bond donors (Lipinski definition) is 0. The van der Waals surface area contributed by atoms with Crippen molar-refractivity contribution in [1.82, 2.24) is 0 Å². The van der Waals surface area contributed by atoms with E-state index in [2.05, 4.69) is 20.7 Å². The highest BCUT2D eigenvalue weighted by Gasteiger charge is 2.31. The average Bonchev–Trinajstić information content (AvgIpc) is 2.65. The van der Waals surface area contributed by atoms with E-state index in [1.165, 1.54) is 6.07 Å². The molecule has 0 amide bonds. The molecule has 0 unspecified atom stereocenters. The number of hydrogen-bond acceptors (Lipinski definition) is 5. The molecule has 108 valence electrons. The summed E-state index contributed by atoms with van der Waals surface area (Å²) in [5, 5.41) is 0. The number of ether oxygens (including phenoxy) is 3. The van der Waals surface area contributed by atoms with Crippen LogP contribution in [0.5, 0.6) is 11.5 Å². The van der Waals surface area contributed by atoms with Gasteiger partial charge in [0.1, 0.15) is 5.56 Å². The number of halogens is 2. The van der Waals surface area contributed by atoms with Gasteiger partial charge in [-0.3, -0.25) is 4.79 Å². The minimum atomic E-state index is -1.13. The molecule has 1 aliphatic heterocycles. The highest BCUT2D eigenvalue weighted by atomic mass is 79.9. The predicted molar refractivity (Wildman–Crippen MR) is 70.7 cm³/mol. The summed E-state index contributed by atoms with van der Waals surface area (Å²) in [4.78, 5) is 23.5. The highest BCUT2D eigenvalue weighted by molar-refractivity contribution is 9.10. The molecule has 1 heterocycles. The van der Waals surface area contributed by atoms with Crippen LogP contribution in [0.15, 0.2) is 10.5 Å². The van der Waals surface area contributed by atoms with E-state index in [0.717, 1.165) is 0 Å². The Bertz CT molecular complexity index is 558. The Hall–Kier alpha value is -1.63. The van der Waals surface area contributed by atoms with E-state index in [1.54, 1.807) is 6.92 Å². The summed E-state index contributed by atoms with van der Waals surface area (Å²) in [5.74, 6) is -2.91. The van der Waals surface area contributed by atoms with Crippen molar-refractivity contribution in [1.29, 1.82) is 0 Å². The summed E-state index contributed by atoms with van der Waals surface area (Å²) in [6, 6.07) is 1.37. The fourth-order valence-corrected chi connectivity index (χ4v) is 2.16. The van der Waals surface area contributed by atoms with Crippen LogP contribution >= 0.6 is 15.9 Å². The Morgan fingerprint density at radius 3 is 2.80 bits per heavy atom. The zero-order valence-corrected chi connectivity index (χ0v) is 12.3. The fourth-order valence-electron chi connectivity index (χ4n) is 1.75. The normalized spacial score (nSPS) is 13.6. The summed E-state index contributed by atoms with van der Waals surface area (Å²) in [6.45, 7) is 2.25. The van der Waals surface area contributed by atoms with Crippen LogP contribution in [0, 0.1) is 5.82 Å². The third-order valence-electron chi connectivity index (χ3n) is 2.62. The Kier molecular flexibility index (Phi) is 4.59. The smallest absolute Gasteiger partial charge is 0.379 e. The van der Waals surface area contributed by atoms with Gasteiger partial charge in [0.25, 0.3) is 5.78 Å². The van der Waals surface area contributed by atoms with E-state index in [-0.39, 0.29) is 29.2 Å². The van der Waals surface area contributed by atoms with E-state index >= 15 is 0 Å². The van der Waals surface area contributed by atoms with E-state index in [0.29, 0.717) is 13.0 Å². The Morgan fingerprint density at radius 1 is 1.40 bits per heavy atom. The van der Waals surface area contributed by atoms with Crippen LogP contribution in [0.4, 0.5) is 4.39 Å². The maximum atomic E-state index is 14.2. The highest BCUT2D eigenvalue weighted by Crippen LogP contribution is 2.39. The van der Waals surface area contributed by atoms with E-state index in [4.69, 9.17) is 9.47 Å². The molecular weight excluding hydrogens is 335 g/mol. The lowest BCUT2D eigenvalue weighted by Gasteiger charge is -2.13. The van der Waals surface area contributed by atoms with Gasteiger partial charge in [-0.2, -0.15) is 0 Å². The predicted octanol–water partition coefficient (Wildman–Crippen LogP) is 2.50. The van der Waals surface area contributed by atoms with Crippen molar-refractivity contribution < 1.29 is 28.2 Å². The van der Waals surface area contributed by atoms with E-state index in [1.807, 2.05) is 0 Å². The SMILES string of the molecule is CCOC(=O)C(=O)c1c(F)c(Br)cc2c1OCCCO2. The lowest BCUT2D eigenvalue weighted by molar-refractivity contribution is -0.137. The number of ketones is 1. The monoisotopic (exact) mass is 346 g/mol. The minimum Gasteiger partial charge on any atom is -0.489 e. The molecule has 1 aliphatic rings. The molecule has 0 atom stereocenters. The van der Waals surface area contributed by atoms with Gasteiger partial charge in [-0.15, -0.1) is 0 Å². The van der Waals surface area contributed by atoms with Gasteiger partial charge in [0.2, 0.25) is 0 Å². The fraction of sp³-hybridized carbons (Fsp3) is 0.385. The zero-order chi connectivity index (χ0) is 14.7. The third-order valence-corrected chi connectivity index (χ3v) is 3.20. The molecule has 1 aromatic rings. The molecule has 20 heavy (non-hydrogen) atoms. The van der Waals surface area contributed by atoms with Crippen LogP contribution < -0.4 is 9.47 Å². The minimum absolute atomic E-state index is 0.0226. The van der Waals surface area contributed by atoms with Crippen molar-refractivity contribution in [2.45, 2.75) is 13.3 Å². The van der Waals surface area contributed by atoms with Crippen molar-refractivity contribution in [3.05, 3.63) is 21.9 Å². The number of fused-ring (bicyclic) bond motifs is 1. The van der Waals surface area contributed by atoms with Crippen molar-refractivity contribution in [3.8, 4) is 11.5 Å². The van der Waals surface area contributed by atoms with Gasteiger partial charge in [-0.25, -0.2) is 9.18 Å². The number of rotatable bonds is 3. The summed E-state index contributed by atoms with van der Waals surface area (Å²) in [6.07, 6.45) is 0.598. The molecule has 0 fully saturated rings. The summed E-state index contributed by atoms with van der Waals surface area (Å²) in [7, 11) is 0. The number of esters is 1. The van der Waals surface area contributed by atoms with Crippen molar-refractivity contribution in [2.24, 2.45) is 0 Å². The number of carbonyl (C=O) groups is 2. The molecule has 0 aliphatic carbocycles. The molecule has 5 nitrogen and oxygen atoms in total. The first-order valence-corrected chi connectivity index (χ1v) is 6.84. The molecule has 2 rings (SSSR count).